The zero-order valence-corrected chi connectivity index (χ0v) is 12.8. The zero-order chi connectivity index (χ0) is 14.7. The molecule has 1 aromatic heterocycles. The second-order valence-electron chi connectivity index (χ2n) is 5.97. The third-order valence-electron chi connectivity index (χ3n) is 3.89. The number of pyridine rings is 1. The van der Waals surface area contributed by atoms with Crippen molar-refractivity contribution >= 4 is 5.69 Å². The fourth-order valence-electron chi connectivity index (χ4n) is 2.39. The second-order valence-corrected chi connectivity index (χ2v) is 5.97. The van der Waals surface area contributed by atoms with Gasteiger partial charge >= 0.3 is 0 Å². The predicted molar refractivity (Wildman–Crippen MR) is 87.4 cm³/mol. The van der Waals surface area contributed by atoms with Crippen LogP contribution in [0.5, 0.6) is 0 Å². The molecule has 3 heteroatoms. The highest BCUT2D eigenvalue weighted by molar-refractivity contribution is 5.46. The summed E-state index contributed by atoms with van der Waals surface area (Å²) < 4.78 is 0. The van der Waals surface area contributed by atoms with E-state index in [2.05, 4.69) is 66.7 Å². The molecule has 3 nitrogen and oxygen atoms in total. The summed E-state index contributed by atoms with van der Waals surface area (Å²) in [4.78, 5) is 6.99. The van der Waals surface area contributed by atoms with E-state index in [0.717, 1.165) is 30.5 Å². The maximum Gasteiger partial charge on any atom is 0.0600 e. The molecule has 0 saturated heterocycles. The van der Waals surface area contributed by atoms with Gasteiger partial charge in [-0.2, -0.15) is 0 Å². The highest BCUT2D eigenvalue weighted by Crippen LogP contribution is 2.19. The standard InChI is InChI=1S/C18H23N3/c1-14-6-10-18(11-7-14)21(2)13-17-5-3-4-16(20-17)12-19-15-8-9-15/h3-7,10-11,15,19H,8-9,12-13H2,1-2H3. The molecule has 1 aromatic carbocycles. The van der Waals surface area contributed by atoms with E-state index in [1.165, 1.54) is 24.1 Å². The number of nitrogens with one attached hydrogen (secondary N) is 1. The number of aromatic nitrogens is 1. The summed E-state index contributed by atoms with van der Waals surface area (Å²) in [6.07, 6.45) is 2.63. The van der Waals surface area contributed by atoms with E-state index in [0.29, 0.717) is 0 Å². The summed E-state index contributed by atoms with van der Waals surface area (Å²) in [5, 5.41) is 3.52. The first kappa shape index (κ1) is 14.1. The van der Waals surface area contributed by atoms with E-state index in [-0.39, 0.29) is 0 Å². The van der Waals surface area contributed by atoms with Crippen molar-refractivity contribution in [2.75, 3.05) is 11.9 Å². The van der Waals surface area contributed by atoms with Crippen molar-refractivity contribution in [2.24, 2.45) is 0 Å². The Hall–Kier alpha value is -1.87. The van der Waals surface area contributed by atoms with E-state index in [1.807, 2.05) is 0 Å². The molecule has 1 heterocycles. The molecule has 110 valence electrons. The lowest BCUT2D eigenvalue weighted by Gasteiger charge is -2.19. The topological polar surface area (TPSA) is 28.2 Å². The molecule has 1 aliphatic carbocycles. The molecule has 1 N–H and O–H groups in total. The third kappa shape index (κ3) is 4.05. The summed E-state index contributed by atoms with van der Waals surface area (Å²) in [5.41, 5.74) is 4.77. The van der Waals surface area contributed by atoms with E-state index in [9.17, 15) is 0 Å². The van der Waals surface area contributed by atoms with E-state index in [4.69, 9.17) is 4.98 Å². The Balaban J connectivity index is 1.62. The smallest absolute Gasteiger partial charge is 0.0600 e. The van der Waals surface area contributed by atoms with Crippen molar-refractivity contribution < 1.29 is 0 Å². The molecule has 0 bridgehead atoms. The largest absolute Gasteiger partial charge is 0.369 e. The van der Waals surface area contributed by atoms with Crippen LogP contribution < -0.4 is 10.2 Å². The lowest BCUT2D eigenvalue weighted by atomic mass is 10.2. The minimum atomic E-state index is 0.727. The molecule has 21 heavy (non-hydrogen) atoms. The van der Waals surface area contributed by atoms with Crippen molar-refractivity contribution in [3.8, 4) is 0 Å². The number of rotatable bonds is 6. The van der Waals surface area contributed by atoms with Crippen molar-refractivity contribution in [2.45, 2.75) is 38.9 Å². The van der Waals surface area contributed by atoms with Crippen molar-refractivity contribution in [1.82, 2.24) is 10.3 Å². The molecule has 1 saturated carbocycles. The van der Waals surface area contributed by atoms with Gasteiger partial charge in [0.05, 0.1) is 17.9 Å². The quantitative estimate of drug-likeness (QED) is 0.880. The summed E-state index contributed by atoms with van der Waals surface area (Å²) in [6.45, 7) is 3.83. The van der Waals surface area contributed by atoms with Crippen molar-refractivity contribution in [3.63, 3.8) is 0 Å². The van der Waals surface area contributed by atoms with Crippen LogP contribution in [0.2, 0.25) is 0 Å². The molecule has 1 aliphatic rings. The van der Waals surface area contributed by atoms with Crippen LogP contribution >= 0.6 is 0 Å². The van der Waals surface area contributed by atoms with Gasteiger partial charge in [0, 0.05) is 25.3 Å². The van der Waals surface area contributed by atoms with Gasteiger partial charge in [-0.05, 0) is 44.0 Å². The lowest BCUT2D eigenvalue weighted by molar-refractivity contribution is 0.670. The maximum absolute atomic E-state index is 4.75. The Kier molecular flexibility index (Phi) is 4.20. The molecular formula is C18H23N3. The Bertz CT molecular complexity index is 588. The maximum atomic E-state index is 4.75. The number of hydrogen-bond acceptors (Lipinski definition) is 3. The summed E-state index contributed by atoms with van der Waals surface area (Å²) in [7, 11) is 2.11. The summed E-state index contributed by atoms with van der Waals surface area (Å²) in [5.74, 6) is 0. The monoisotopic (exact) mass is 281 g/mol. The predicted octanol–water partition coefficient (Wildman–Crippen LogP) is 3.28. The molecule has 1 fully saturated rings. The molecule has 0 aliphatic heterocycles. The van der Waals surface area contributed by atoms with Gasteiger partial charge in [-0.15, -0.1) is 0 Å². The number of aryl methyl sites for hydroxylation is 1. The van der Waals surface area contributed by atoms with Gasteiger partial charge in [-0.25, -0.2) is 0 Å². The van der Waals surface area contributed by atoms with Gasteiger partial charge in [0.15, 0.2) is 0 Å². The fourth-order valence-corrected chi connectivity index (χ4v) is 2.39. The Morgan fingerprint density at radius 3 is 2.52 bits per heavy atom. The summed E-state index contributed by atoms with van der Waals surface area (Å²) in [6, 6.07) is 15.7. The first-order chi connectivity index (χ1) is 10.2. The Morgan fingerprint density at radius 2 is 1.81 bits per heavy atom. The van der Waals surface area contributed by atoms with Crippen molar-refractivity contribution in [1.29, 1.82) is 0 Å². The third-order valence-corrected chi connectivity index (χ3v) is 3.89. The minimum Gasteiger partial charge on any atom is -0.369 e. The molecule has 0 unspecified atom stereocenters. The Labute approximate surface area is 127 Å². The van der Waals surface area contributed by atoms with Crippen LogP contribution in [0.4, 0.5) is 5.69 Å². The van der Waals surface area contributed by atoms with Gasteiger partial charge in [0.2, 0.25) is 0 Å². The average molecular weight is 281 g/mol. The average Bonchev–Trinajstić information content (AvgIpc) is 3.30. The first-order valence-corrected chi connectivity index (χ1v) is 7.67. The molecule has 3 rings (SSSR count). The zero-order valence-electron chi connectivity index (χ0n) is 12.8. The van der Waals surface area contributed by atoms with Gasteiger partial charge < -0.3 is 10.2 Å². The summed E-state index contributed by atoms with van der Waals surface area (Å²) >= 11 is 0. The molecule has 2 aromatic rings. The number of benzene rings is 1. The molecule has 0 spiro atoms. The molecule has 0 atom stereocenters. The Morgan fingerprint density at radius 1 is 1.10 bits per heavy atom. The van der Waals surface area contributed by atoms with Crippen LogP contribution in [0.15, 0.2) is 42.5 Å². The van der Waals surface area contributed by atoms with Gasteiger partial charge in [0.25, 0.3) is 0 Å². The number of nitrogens with zero attached hydrogens (tertiary/aromatic N) is 2. The van der Waals surface area contributed by atoms with E-state index < -0.39 is 0 Å². The first-order valence-electron chi connectivity index (χ1n) is 7.67. The molecular weight excluding hydrogens is 258 g/mol. The molecule has 0 radical (unpaired) electrons. The van der Waals surface area contributed by atoms with Crippen LogP contribution in [0, 0.1) is 6.92 Å². The number of anilines is 1. The highest BCUT2D eigenvalue weighted by atomic mass is 15.1. The normalized spacial score (nSPS) is 14.2. The molecule has 0 amide bonds. The second kappa shape index (κ2) is 6.27. The van der Waals surface area contributed by atoms with Crippen LogP contribution in [0.1, 0.15) is 29.8 Å². The van der Waals surface area contributed by atoms with Gasteiger partial charge in [0.1, 0.15) is 0 Å². The van der Waals surface area contributed by atoms with Crippen molar-refractivity contribution in [3.05, 3.63) is 59.4 Å². The fraction of sp³-hybridized carbons (Fsp3) is 0.389. The van der Waals surface area contributed by atoms with E-state index >= 15 is 0 Å². The minimum absolute atomic E-state index is 0.727. The van der Waals surface area contributed by atoms with Crippen LogP contribution in [0.25, 0.3) is 0 Å². The number of hydrogen-bond donors (Lipinski definition) is 1. The van der Waals surface area contributed by atoms with Gasteiger partial charge in [-0.1, -0.05) is 23.8 Å². The van der Waals surface area contributed by atoms with Crippen LogP contribution in [0.3, 0.4) is 0 Å². The highest BCUT2D eigenvalue weighted by Gasteiger charge is 2.20. The lowest BCUT2D eigenvalue weighted by Crippen LogP contribution is -2.19. The van der Waals surface area contributed by atoms with E-state index in [1.54, 1.807) is 0 Å². The van der Waals surface area contributed by atoms with Crippen LogP contribution in [-0.4, -0.2) is 18.1 Å². The van der Waals surface area contributed by atoms with Gasteiger partial charge in [-0.3, -0.25) is 4.98 Å². The van der Waals surface area contributed by atoms with Crippen LogP contribution in [-0.2, 0) is 13.1 Å². The SMILES string of the molecule is Cc1ccc(N(C)Cc2cccc(CNC3CC3)n2)cc1.